The molecule has 0 amide bonds. The van der Waals surface area contributed by atoms with Crippen molar-refractivity contribution in [3.63, 3.8) is 0 Å². The van der Waals surface area contributed by atoms with Crippen molar-refractivity contribution in [2.45, 2.75) is 6.54 Å². The summed E-state index contributed by atoms with van der Waals surface area (Å²) in [6.45, 7) is 0.206. The van der Waals surface area contributed by atoms with E-state index in [1.54, 1.807) is 18.2 Å². The Morgan fingerprint density at radius 3 is 2.30 bits per heavy atom. The van der Waals surface area contributed by atoms with Gasteiger partial charge in [0.25, 0.3) is 0 Å². The summed E-state index contributed by atoms with van der Waals surface area (Å²) in [6, 6.07) is 9.07. The molecular weight excluding hydrogens is 303 g/mol. The second-order valence-corrected chi connectivity index (χ2v) is 4.80. The first-order valence-electron chi connectivity index (χ1n) is 5.61. The first-order chi connectivity index (χ1) is 9.51. The number of ether oxygens (including phenoxy) is 1. The van der Waals surface area contributed by atoms with E-state index in [1.807, 2.05) is 0 Å². The van der Waals surface area contributed by atoms with Gasteiger partial charge in [0.05, 0.1) is 4.92 Å². The van der Waals surface area contributed by atoms with E-state index in [9.17, 15) is 10.1 Å². The van der Waals surface area contributed by atoms with E-state index in [-0.39, 0.29) is 23.0 Å². The molecule has 0 saturated carbocycles. The minimum atomic E-state index is -0.556. The minimum Gasteiger partial charge on any atom is -0.450 e. The van der Waals surface area contributed by atoms with Gasteiger partial charge in [-0.25, -0.2) is 0 Å². The van der Waals surface area contributed by atoms with E-state index < -0.39 is 4.92 Å². The Kier molecular flexibility index (Phi) is 4.44. The Morgan fingerprint density at radius 2 is 1.70 bits per heavy atom. The molecule has 20 heavy (non-hydrogen) atoms. The van der Waals surface area contributed by atoms with Crippen molar-refractivity contribution in [2.75, 3.05) is 0 Å². The van der Waals surface area contributed by atoms with Gasteiger partial charge in [-0.15, -0.1) is 0 Å². The van der Waals surface area contributed by atoms with Crippen LogP contribution in [-0.2, 0) is 6.54 Å². The van der Waals surface area contributed by atoms with Crippen LogP contribution in [0.1, 0.15) is 5.56 Å². The number of nitro groups is 1. The van der Waals surface area contributed by atoms with Crippen LogP contribution < -0.4 is 10.5 Å². The summed E-state index contributed by atoms with van der Waals surface area (Å²) in [7, 11) is 0. The highest BCUT2D eigenvalue weighted by Gasteiger charge is 2.17. The second-order valence-electron chi connectivity index (χ2n) is 3.93. The van der Waals surface area contributed by atoms with Gasteiger partial charge in [-0.2, -0.15) is 0 Å². The van der Waals surface area contributed by atoms with Gasteiger partial charge in [0.1, 0.15) is 5.75 Å². The monoisotopic (exact) mass is 312 g/mol. The van der Waals surface area contributed by atoms with Crippen LogP contribution in [0.2, 0.25) is 10.0 Å². The van der Waals surface area contributed by atoms with Crippen LogP contribution in [0.3, 0.4) is 0 Å². The van der Waals surface area contributed by atoms with Crippen LogP contribution in [-0.4, -0.2) is 4.92 Å². The topological polar surface area (TPSA) is 78.4 Å². The number of hydrogen-bond donors (Lipinski definition) is 1. The fourth-order valence-electron chi connectivity index (χ4n) is 1.65. The standard InChI is InChI=1S/C13H10Cl2N2O3/c14-9-1-3-12(8(5-9)7-16)20-13-4-2-10(15)6-11(13)17(18)19/h1-6H,7,16H2. The molecule has 0 fully saturated rings. The molecule has 0 aliphatic rings. The number of halogens is 2. The van der Waals surface area contributed by atoms with Crippen molar-refractivity contribution in [1.82, 2.24) is 0 Å². The average Bonchev–Trinajstić information content (AvgIpc) is 2.42. The van der Waals surface area contributed by atoms with Gasteiger partial charge in [-0.3, -0.25) is 10.1 Å². The first-order valence-corrected chi connectivity index (χ1v) is 6.37. The number of nitro benzene ring substituents is 1. The van der Waals surface area contributed by atoms with E-state index in [1.165, 1.54) is 18.2 Å². The van der Waals surface area contributed by atoms with Gasteiger partial charge in [-0.05, 0) is 30.3 Å². The van der Waals surface area contributed by atoms with Crippen LogP contribution >= 0.6 is 23.2 Å². The normalized spacial score (nSPS) is 10.3. The van der Waals surface area contributed by atoms with E-state index in [2.05, 4.69) is 0 Å². The lowest BCUT2D eigenvalue weighted by Gasteiger charge is -2.10. The molecule has 0 spiro atoms. The summed E-state index contributed by atoms with van der Waals surface area (Å²) in [5, 5.41) is 11.8. The maximum Gasteiger partial charge on any atom is 0.313 e. The van der Waals surface area contributed by atoms with Crippen molar-refractivity contribution in [3.8, 4) is 11.5 Å². The summed E-state index contributed by atoms with van der Waals surface area (Å²) in [6.07, 6.45) is 0. The average molecular weight is 313 g/mol. The Balaban J connectivity index is 2.42. The van der Waals surface area contributed by atoms with E-state index in [0.29, 0.717) is 16.3 Å². The van der Waals surface area contributed by atoms with Crippen LogP contribution in [0.25, 0.3) is 0 Å². The molecule has 104 valence electrons. The molecule has 2 N–H and O–H groups in total. The summed E-state index contributed by atoms with van der Waals surface area (Å²) in [5.74, 6) is 0.513. The molecule has 0 saturated heterocycles. The summed E-state index contributed by atoms with van der Waals surface area (Å²) in [5.41, 5.74) is 6.04. The maximum absolute atomic E-state index is 11.0. The molecular formula is C13H10Cl2N2O3. The summed E-state index contributed by atoms with van der Waals surface area (Å²) in [4.78, 5) is 10.4. The maximum atomic E-state index is 11.0. The van der Waals surface area contributed by atoms with Crippen LogP contribution in [0, 0.1) is 10.1 Å². The zero-order valence-corrected chi connectivity index (χ0v) is 11.7. The van der Waals surface area contributed by atoms with Crippen LogP contribution in [0.15, 0.2) is 36.4 Å². The largest absolute Gasteiger partial charge is 0.450 e. The van der Waals surface area contributed by atoms with Gasteiger partial charge in [-0.1, -0.05) is 23.2 Å². The van der Waals surface area contributed by atoms with Gasteiger partial charge < -0.3 is 10.5 Å². The highest BCUT2D eigenvalue weighted by atomic mass is 35.5. The van der Waals surface area contributed by atoms with Crippen molar-refractivity contribution >= 4 is 28.9 Å². The fraction of sp³-hybridized carbons (Fsp3) is 0.0769. The molecule has 2 rings (SSSR count). The highest BCUT2D eigenvalue weighted by Crippen LogP contribution is 2.35. The van der Waals surface area contributed by atoms with Gasteiger partial charge >= 0.3 is 5.69 Å². The lowest BCUT2D eigenvalue weighted by Crippen LogP contribution is -2.00. The fourth-order valence-corrected chi connectivity index (χ4v) is 2.01. The number of hydrogen-bond acceptors (Lipinski definition) is 4. The third-order valence-electron chi connectivity index (χ3n) is 2.58. The van der Waals surface area contributed by atoms with Gasteiger partial charge in [0.2, 0.25) is 5.75 Å². The smallest absolute Gasteiger partial charge is 0.313 e. The molecule has 0 radical (unpaired) electrons. The van der Waals surface area contributed by atoms with Crippen LogP contribution in [0.5, 0.6) is 11.5 Å². The molecule has 7 heteroatoms. The minimum absolute atomic E-state index is 0.0939. The molecule has 2 aromatic rings. The van der Waals surface area contributed by atoms with Crippen molar-refractivity contribution in [1.29, 1.82) is 0 Å². The zero-order chi connectivity index (χ0) is 14.7. The molecule has 0 aliphatic carbocycles. The number of rotatable bonds is 4. The van der Waals surface area contributed by atoms with Crippen molar-refractivity contribution < 1.29 is 9.66 Å². The Labute approximate surface area is 125 Å². The van der Waals surface area contributed by atoms with Gasteiger partial charge in [0.15, 0.2) is 0 Å². The summed E-state index contributed by atoms with van der Waals surface area (Å²) >= 11 is 11.6. The van der Waals surface area contributed by atoms with Crippen molar-refractivity contribution in [3.05, 3.63) is 62.1 Å². The van der Waals surface area contributed by atoms with E-state index in [4.69, 9.17) is 33.7 Å². The molecule has 2 aromatic carbocycles. The van der Waals surface area contributed by atoms with Crippen molar-refractivity contribution in [2.24, 2.45) is 5.73 Å². The molecule has 0 unspecified atom stereocenters. The predicted molar refractivity (Wildman–Crippen MR) is 77.5 cm³/mol. The molecule has 0 aliphatic heterocycles. The Morgan fingerprint density at radius 1 is 1.10 bits per heavy atom. The molecule has 0 atom stereocenters. The Bertz CT molecular complexity index is 662. The Hall–Kier alpha value is -1.82. The molecule has 0 heterocycles. The second kappa shape index (κ2) is 6.09. The third-order valence-corrected chi connectivity index (χ3v) is 3.05. The number of benzene rings is 2. The zero-order valence-electron chi connectivity index (χ0n) is 10.2. The lowest BCUT2D eigenvalue weighted by atomic mass is 10.2. The quantitative estimate of drug-likeness (QED) is 0.679. The van der Waals surface area contributed by atoms with E-state index >= 15 is 0 Å². The van der Waals surface area contributed by atoms with Crippen LogP contribution in [0.4, 0.5) is 5.69 Å². The molecule has 5 nitrogen and oxygen atoms in total. The number of nitrogens with zero attached hydrogens (tertiary/aromatic N) is 1. The molecule has 0 bridgehead atoms. The highest BCUT2D eigenvalue weighted by molar-refractivity contribution is 6.31. The van der Waals surface area contributed by atoms with Gasteiger partial charge in [0, 0.05) is 28.2 Å². The lowest BCUT2D eigenvalue weighted by molar-refractivity contribution is -0.385. The first kappa shape index (κ1) is 14.6. The summed E-state index contributed by atoms with van der Waals surface area (Å²) < 4.78 is 5.56. The predicted octanol–water partition coefficient (Wildman–Crippen LogP) is 4.15. The molecule has 0 aromatic heterocycles. The third kappa shape index (κ3) is 3.19. The SMILES string of the molecule is NCc1cc(Cl)ccc1Oc1ccc(Cl)cc1[N+](=O)[O-]. The van der Waals surface area contributed by atoms with E-state index in [0.717, 1.165) is 0 Å². The number of nitrogens with two attached hydrogens (primary N) is 1.